The van der Waals surface area contributed by atoms with Crippen LogP contribution in [0.3, 0.4) is 0 Å². The zero-order chi connectivity index (χ0) is 17.9. The summed E-state index contributed by atoms with van der Waals surface area (Å²) in [5, 5.41) is 6.43. The fourth-order valence-corrected chi connectivity index (χ4v) is 2.63. The van der Waals surface area contributed by atoms with Gasteiger partial charge in [0.25, 0.3) is 5.91 Å². The van der Waals surface area contributed by atoms with E-state index >= 15 is 0 Å². The highest BCUT2D eigenvalue weighted by molar-refractivity contribution is 5.93. The van der Waals surface area contributed by atoms with Gasteiger partial charge in [0.2, 0.25) is 0 Å². The van der Waals surface area contributed by atoms with E-state index in [1.54, 1.807) is 18.2 Å². The first-order valence-electron chi connectivity index (χ1n) is 8.09. The van der Waals surface area contributed by atoms with Crippen molar-refractivity contribution in [3.63, 3.8) is 0 Å². The summed E-state index contributed by atoms with van der Waals surface area (Å²) in [6.45, 7) is 0.575. The Bertz CT molecular complexity index is 941. The predicted octanol–water partition coefficient (Wildman–Crippen LogP) is 3.05. The lowest BCUT2D eigenvalue weighted by molar-refractivity contribution is 0.0784. The van der Waals surface area contributed by atoms with Gasteiger partial charge in [0.15, 0.2) is 23.0 Å². The molecule has 4 rings (SSSR count). The Labute approximate surface area is 148 Å². The minimum absolute atomic E-state index is 0.0698. The maximum atomic E-state index is 13.8. The maximum Gasteiger partial charge on any atom is 0.273 e. The zero-order valence-corrected chi connectivity index (χ0v) is 13.6. The zero-order valence-electron chi connectivity index (χ0n) is 13.6. The number of carbonyl (C=O) groups is 1. The van der Waals surface area contributed by atoms with E-state index < -0.39 is 11.7 Å². The first-order chi connectivity index (χ1) is 12.7. The molecule has 7 heteroatoms. The summed E-state index contributed by atoms with van der Waals surface area (Å²) >= 11 is 0. The number of hydrogen-bond acceptors (Lipinski definition) is 5. The van der Waals surface area contributed by atoms with Crippen LogP contribution in [0.4, 0.5) is 4.39 Å². The van der Waals surface area contributed by atoms with Crippen molar-refractivity contribution < 1.29 is 23.2 Å². The molecule has 0 saturated heterocycles. The molecule has 0 radical (unpaired) electrons. The molecular weight excluding hydrogens is 339 g/mol. The van der Waals surface area contributed by atoms with Crippen molar-refractivity contribution in [2.24, 2.45) is 0 Å². The van der Waals surface area contributed by atoms with E-state index in [1.807, 2.05) is 24.3 Å². The second-order valence-corrected chi connectivity index (χ2v) is 5.76. The third-order valence-electron chi connectivity index (χ3n) is 3.94. The quantitative estimate of drug-likeness (QED) is 0.780. The second kappa shape index (κ2) is 6.87. The minimum Gasteiger partial charge on any atom is -0.486 e. The van der Waals surface area contributed by atoms with Crippen LogP contribution in [-0.4, -0.2) is 30.3 Å². The van der Waals surface area contributed by atoms with Crippen molar-refractivity contribution in [2.75, 3.05) is 13.2 Å². The standard InChI is InChI=1S/C19H15FN2O4/c20-14-6-2-1-5-13(14)18-9-15(22-26-18)19(23)21-10-12-11-24-16-7-3-4-8-17(16)25-12/h1-9,12H,10-11H2,(H,21,23). The molecule has 2 aromatic carbocycles. The fourth-order valence-electron chi connectivity index (χ4n) is 2.63. The molecule has 0 aliphatic carbocycles. The fraction of sp³-hybridized carbons (Fsp3) is 0.158. The largest absolute Gasteiger partial charge is 0.486 e. The Balaban J connectivity index is 1.38. The molecule has 1 aromatic heterocycles. The van der Waals surface area contributed by atoms with E-state index in [9.17, 15) is 9.18 Å². The lowest BCUT2D eigenvalue weighted by Gasteiger charge is -2.26. The highest BCUT2D eigenvalue weighted by atomic mass is 19.1. The van der Waals surface area contributed by atoms with Gasteiger partial charge in [0.1, 0.15) is 18.5 Å². The van der Waals surface area contributed by atoms with Crippen molar-refractivity contribution >= 4 is 5.91 Å². The van der Waals surface area contributed by atoms with Gasteiger partial charge in [-0.3, -0.25) is 4.79 Å². The third kappa shape index (κ3) is 3.23. The van der Waals surface area contributed by atoms with Crippen LogP contribution in [0.1, 0.15) is 10.5 Å². The molecule has 132 valence electrons. The number of amides is 1. The number of nitrogens with zero attached hydrogens (tertiary/aromatic N) is 1. The molecule has 0 bridgehead atoms. The highest BCUT2D eigenvalue weighted by Crippen LogP contribution is 2.30. The van der Waals surface area contributed by atoms with Crippen molar-refractivity contribution in [1.29, 1.82) is 0 Å². The van der Waals surface area contributed by atoms with Crippen LogP contribution < -0.4 is 14.8 Å². The van der Waals surface area contributed by atoms with Crippen LogP contribution in [0.2, 0.25) is 0 Å². The van der Waals surface area contributed by atoms with Gasteiger partial charge in [-0.25, -0.2) is 4.39 Å². The van der Waals surface area contributed by atoms with Gasteiger partial charge in [-0.05, 0) is 24.3 Å². The van der Waals surface area contributed by atoms with Gasteiger partial charge < -0.3 is 19.3 Å². The third-order valence-corrected chi connectivity index (χ3v) is 3.94. The highest BCUT2D eigenvalue weighted by Gasteiger charge is 2.22. The molecule has 1 N–H and O–H groups in total. The Hall–Kier alpha value is -3.35. The van der Waals surface area contributed by atoms with Crippen LogP contribution in [0.5, 0.6) is 11.5 Å². The van der Waals surface area contributed by atoms with Gasteiger partial charge in [0.05, 0.1) is 12.1 Å². The monoisotopic (exact) mass is 354 g/mol. The number of aromatic nitrogens is 1. The average Bonchev–Trinajstić information content (AvgIpc) is 3.16. The number of halogens is 1. The Morgan fingerprint density at radius 2 is 1.92 bits per heavy atom. The predicted molar refractivity (Wildman–Crippen MR) is 90.6 cm³/mol. The van der Waals surface area contributed by atoms with E-state index in [2.05, 4.69) is 10.5 Å². The molecule has 2 heterocycles. The molecular formula is C19H15FN2O4. The molecule has 3 aromatic rings. The molecule has 1 unspecified atom stereocenters. The molecule has 1 aliphatic rings. The smallest absolute Gasteiger partial charge is 0.273 e. The SMILES string of the molecule is O=C(NCC1COc2ccccc2O1)c1cc(-c2ccccc2F)on1. The first-order valence-corrected chi connectivity index (χ1v) is 8.09. The van der Waals surface area contributed by atoms with E-state index in [-0.39, 0.29) is 29.7 Å². The first kappa shape index (κ1) is 16.1. The Morgan fingerprint density at radius 3 is 2.77 bits per heavy atom. The molecule has 0 fully saturated rings. The lowest BCUT2D eigenvalue weighted by Crippen LogP contribution is -2.40. The summed E-state index contributed by atoms with van der Waals surface area (Å²) in [5.41, 5.74) is 0.319. The molecule has 1 atom stereocenters. The van der Waals surface area contributed by atoms with Gasteiger partial charge >= 0.3 is 0 Å². The van der Waals surface area contributed by atoms with Gasteiger partial charge in [-0.1, -0.05) is 29.4 Å². The second-order valence-electron chi connectivity index (χ2n) is 5.76. The van der Waals surface area contributed by atoms with Gasteiger partial charge in [-0.15, -0.1) is 0 Å². The number of fused-ring (bicyclic) bond motifs is 1. The molecule has 0 saturated carbocycles. The number of ether oxygens (including phenoxy) is 2. The molecule has 1 aliphatic heterocycles. The Kier molecular flexibility index (Phi) is 4.27. The number of hydrogen-bond donors (Lipinski definition) is 1. The van der Waals surface area contributed by atoms with Crippen LogP contribution >= 0.6 is 0 Å². The molecule has 1 amide bonds. The number of carbonyl (C=O) groups excluding carboxylic acids is 1. The minimum atomic E-state index is -0.443. The molecule has 0 spiro atoms. The van der Waals surface area contributed by atoms with E-state index in [0.717, 1.165) is 0 Å². The van der Waals surface area contributed by atoms with Crippen LogP contribution in [0.15, 0.2) is 59.1 Å². The number of rotatable bonds is 4. The van der Waals surface area contributed by atoms with Gasteiger partial charge in [-0.2, -0.15) is 0 Å². The summed E-state index contributed by atoms with van der Waals surface area (Å²) in [4.78, 5) is 12.2. The summed E-state index contributed by atoms with van der Waals surface area (Å²) in [7, 11) is 0. The van der Waals surface area contributed by atoms with Crippen molar-refractivity contribution in [2.45, 2.75) is 6.10 Å². The van der Waals surface area contributed by atoms with Crippen molar-refractivity contribution in [3.05, 3.63) is 66.1 Å². The normalized spacial score (nSPS) is 15.5. The van der Waals surface area contributed by atoms with E-state index in [0.29, 0.717) is 18.1 Å². The van der Waals surface area contributed by atoms with Crippen LogP contribution in [-0.2, 0) is 0 Å². The van der Waals surface area contributed by atoms with Crippen LogP contribution in [0, 0.1) is 5.82 Å². The number of para-hydroxylation sites is 2. The van der Waals surface area contributed by atoms with Crippen molar-refractivity contribution in [1.82, 2.24) is 10.5 Å². The van der Waals surface area contributed by atoms with E-state index in [4.69, 9.17) is 14.0 Å². The molecule has 26 heavy (non-hydrogen) atoms. The lowest BCUT2D eigenvalue weighted by atomic mass is 10.1. The molecule has 6 nitrogen and oxygen atoms in total. The average molecular weight is 354 g/mol. The summed E-state index contributed by atoms with van der Waals surface area (Å²) < 4.78 is 30.2. The maximum absolute atomic E-state index is 13.8. The number of nitrogens with one attached hydrogen (secondary N) is 1. The van der Waals surface area contributed by atoms with Crippen LogP contribution in [0.25, 0.3) is 11.3 Å². The summed E-state index contributed by atoms with van der Waals surface area (Å²) in [6.07, 6.45) is -0.313. The van der Waals surface area contributed by atoms with Crippen molar-refractivity contribution in [3.8, 4) is 22.8 Å². The van der Waals surface area contributed by atoms with E-state index in [1.165, 1.54) is 12.1 Å². The Morgan fingerprint density at radius 1 is 1.15 bits per heavy atom. The summed E-state index contributed by atoms with van der Waals surface area (Å²) in [5.74, 6) is 0.641. The number of benzene rings is 2. The summed E-state index contributed by atoms with van der Waals surface area (Å²) in [6, 6.07) is 14.9. The van der Waals surface area contributed by atoms with Gasteiger partial charge in [0, 0.05) is 6.07 Å². The topological polar surface area (TPSA) is 73.6 Å².